The van der Waals surface area contributed by atoms with Crippen molar-refractivity contribution in [2.75, 3.05) is 0 Å². The zero-order valence-corrected chi connectivity index (χ0v) is 11.0. The first kappa shape index (κ1) is 13.3. The number of hydrogen-bond donors (Lipinski definition) is 0. The molecule has 0 aliphatic carbocycles. The van der Waals surface area contributed by atoms with Gasteiger partial charge in [0.05, 0.1) is 0 Å². The average Bonchev–Trinajstić information content (AvgIpc) is 2.86. The Labute approximate surface area is 109 Å². The monoisotopic (exact) mass is 264 g/mol. The number of hydrogen-bond acceptors (Lipinski definition) is 5. The summed E-state index contributed by atoms with van der Waals surface area (Å²) >= 11 is 0. The maximum atomic E-state index is 12.1. The molecule has 0 saturated heterocycles. The molecule has 0 saturated carbocycles. The highest BCUT2D eigenvalue weighted by atomic mass is 16.4. The fraction of sp³-hybridized carbons (Fsp3) is 0.500. The summed E-state index contributed by atoms with van der Waals surface area (Å²) in [5, 5.41) is 7.62. The Kier molecular flexibility index (Phi) is 3.94. The van der Waals surface area contributed by atoms with Crippen LogP contribution in [-0.4, -0.2) is 19.3 Å². The fourth-order valence-corrected chi connectivity index (χ4v) is 1.74. The molecule has 0 spiro atoms. The molecular formula is C12H16N4O3. The second-order valence-electron chi connectivity index (χ2n) is 4.16. The highest BCUT2D eigenvalue weighted by Crippen LogP contribution is 2.00. The molecule has 7 nitrogen and oxygen atoms in total. The van der Waals surface area contributed by atoms with Crippen molar-refractivity contribution >= 4 is 0 Å². The molecule has 0 bridgehead atoms. The van der Waals surface area contributed by atoms with Crippen LogP contribution >= 0.6 is 0 Å². The highest BCUT2D eigenvalue weighted by molar-refractivity contribution is 4.90. The van der Waals surface area contributed by atoms with Crippen LogP contribution in [0, 0.1) is 0 Å². The Morgan fingerprint density at radius 1 is 1.21 bits per heavy atom. The molecular weight excluding hydrogens is 248 g/mol. The summed E-state index contributed by atoms with van der Waals surface area (Å²) in [5.41, 5.74) is -0.723. The van der Waals surface area contributed by atoms with Crippen LogP contribution in [0.5, 0.6) is 0 Å². The third-order valence-corrected chi connectivity index (χ3v) is 2.71. The minimum atomic E-state index is -0.367. The zero-order valence-electron chi connectivity index (χ0n) is 11.0. The van der Waals surface area contributed by atoms with Crippen molar-refractivity contribution in [1.29, 1.82) is 0 Å². The number of aryl methyl sites for hydroxylation is 2. The lowest BCUT2D eigenvalue weighted by Crippen LogP contribution is -2.39. The maximum absolute atomic E-state index is 12.1. The van der Waals surface area contributed by atoms with Crippen molar-refractivity contribution in [1.82, 2.24) is 19.3 Å². The van der Waals surface area contributed by atoms with E-state index < -0.39 is 0 Å². The molecule has 0 aliphatic heterocycles. The third-order valence-electron chi connectivity index (χ3n) is 2.71. The van der Waals surface area contributed by atoms with Crippen LogP contribution in [0.1, 0.15) is 32.0 Å². The smallest absolute Gasteiger partial charge is 0.331 e. The third kappa shape index (κ3) is 2.81. The van der Waals surface area contributed by atoms with Gasteiger partial charge in [0.25, 0.3) is 5.56 Å². The van der Waals surface area contributed by atoms with Crippen molar-refractivity contribution in [3.8, 4) is 0 Å². The molecule has 0 aliphatic rings. The van der Waals surface area contributed by atoms with Gasteiger partial charge in [-0.25, -0.2) is 4.79 Å². The Hall–Kier alpha value is -2.18. The predicted molar refractivity (Wildman–Crippen MR) is 68.0 cm³/mol. The van der Waals surface area contributed by atoms with Gasteiger partial charge in [0.2, 0.25) is 11.8 Å². The molecule has 2 aromatic heterocycles. The van der Waals surface area contributed by atoms with E-state index in [2.05, 4.69) is 10.2 Å². The first-order valence-electron chi connectivity index (χ1n) is 6.27. The van der Waals surface area contributed by atoms with Gasteiger partial charge < -0.3 is 8.98 Å². The zero-order chi connectivity index (χ0) is 13.8. The van der Waals surface area contributed by atoms with Crippen LogP contribution < -0.4 is 11.2 Å². The molecule has 19 heavy (non-hydrogen) atoms. The van der Waals surface area contributed by atoms with Gasteiger partial charge in [0, 0.05) is 25.2 Å². The van der Waals surface area contributed by atoms with Gasteiger partial charge in [0.1, 0.15) is 6.54 Å². The van der Waals surface area contributed by atoms with Crippen LogP contribution in [0.4, 0.5) is 0 Å². The van der Waals surface area contributed by atoms with Crippen molar-refractivity contribution in [3.63, 3.8) is 0 Å². The first-order valence-corrected chi connectivity index (χ1v) is 6.27. The highest BCUT2D eigenvalue weighted by Gasteiger charge is 2.10. The quantitative estimate of drug-likeness (QED) is 0.781. The van der Waals surface area contributed by atoms with Crippen molar-refractivity contribution in [3.05, 3.63) is 44.9 Å². The molecule has 2 rings (SSSR count). The van der Waals surface area contributed by atoms with Gasteiger partial charge >= 0.3 is 5.69 Å². The Morgan fingerprint density at radius 3 is 2.58 bits per heavy atom. The second kappa shape index (κ2) is 5.64. The molecule has 0 N–H and O–H groups in total. The topological polar surface area (TPSA) is 82.9 Å². The van der Waals surface area contributed by atoms with Crippen molar-refractivity contribution in [2.45, 2.75) is 39.8 Å². The normalized spacial score (nSPS) is 10.8. The van der Waals surface area contributed by atoms with Gasteiger partial charge in [-0.05, 0) is 6.42 Å². The van der Waals surface area contributed by atoms with E-state index in [1.807, 2.05) is 13.8 Å². The summed E-state index contributed by atoms with van der Waals surface area (Å²) in [5.74, 6) is 0.762. The van der Waals surface area contributed by atoms with Crippen LogP contribution in [0.25, 0.3) is 0 Å². The van der Waals surface area contributed by atoms with E-state index in [1.54, 1.807) is 0 Å². The molecule has 0 amide bonds. The molecule has 0 radical (unpaired) electrons. The van der Waals surface area contributed by atoms with E-state index in [-0.39, 0.29) is 23.7 Å². The summed E-state index contributed by atoms with van der Waals surface area (Å²) in [4.78, 5) is 23.8. The summed E-state index contributed by atoms with van der Waals surface area (Å²) in [6.07, 6.45) is 2.95. The molecule has 0 fully saturated rings. The standard InChI is InChI=1S/C12H16N4O3/c1-3-6-15-7-5-11(17)16(12(15)18)8-10-14-13-9(4-2)19-10/h5,7H,3-4,6,8H2,1-2H3. The molecule has 0 unspecified atom stereocenters. The molecule has 0 aromatic carbocycles. The Morgan fingerprint density at radius 2 is 1.95 bits per heavy atom. The minimum absolute atomic E-state index is 0.00915. The molecule has 0 atom stereocenters. The summed E-state index contributed by atoms with van der Waals surface area (Å²) in [6, 6.07) is 1.37. The lowest BCUT2D eigenvalue weighted by Gasteiger charge is -2.06. The molecule has 7 heteroatoms. The van der Waals surface area contributed by atoms with Gasteiger partial charge in [0.15, 0.2) is 0 Å². The van der Waals surface area contributed by atoms with Crippen molar-refractivity contribution in [2.24, 2.45) is 0 Å². The van der Waals surface area contributed by atoms with E-state index in [1.165, 1.54) is 16.8 Å². The van der Waals surface area contributed by atoms with Gasteiger partial charge in [-0.1, -0.05) is 13.8 Å². The van der Waals surface area contributed by atoms with E-state index >= 15 is 0 Å². The predicted octanol–water partition coefficient (Wildman–Crippen LogP) is 0.414. The molecule has 2 heterocycles. The summed E-state index contributed by atoms with van der Waals surface area (Å²) < 4.78 is 7.91. The van der Waals surface area contributed by atoms with E-state index in [9.17, 15) is 9.59 Å². The lowest BCUT2D eigenvalue weighted by molar-refractivity contribution is 0.430. The maximum Gasteiger partial charge on any atom is 0.331 e. The van der Waals surface area contributed by atoms with Crippen LogP contribution in [0.15, 0.2) is 26.3 Å². The van der Waals surface area contributed by atoms with Crippen LogP contribution in [0.2, 0.25) is 0 Å². The largest absolute Gasteiger partial charge is 0.423 e. The van der Waals surface area contributed by atoms with Gasteiger partial charge in [-0.2, -0.15) is 0 Å². The first-order chi connectivity index (χ1) is 9.15. The van der Waals surface area contributed by atoms with E-state index in [4.69, 9.17) is 4.42 Å². The number of nitrogens with zero attached hydrogens (tertiary/aromatic N) is 4. The minimum Gasteiger partial charge on any atom is -0.423 e. The number of rotatable bonds is 5. The van der Waals surface area contributed by atoms with Crippen LogP contribution in [0.3, 0.4) is 0 Å². The van der Waals surface area contributed by atoms with Gasteiger partial charge in [-0.15, -0.1) is 10.2 Å². The second-order valence-corrected chi connectivity index (χ2v) is 4.16. The Bertz CT molecular complexity index is 668. The average molecular weight is 264 g/mol. The van der Waals surface area contributed by atoms with E-state index in [0.717, 1.165) is 11.0 Å². The fourth-order valence-electron chi connectivity index (χ4n) is 1.74. The summed E-state index contributed by atoms with van der Waals surface area (Å²) in [6.45, 7) is 4.44. The van der Waals surface area contributed by atoms with Crippen molar-refractivity contribution < 1.29 is 4.42 Å². The molecule has 2 aromatic rings. The summed E-state index contributed by atoms with van der Waals surface area (Å²) in [7, 11) is 0. The van der Waals surface area contributed by atoms with Gasteiger partial charge in [-0.3, -0.25) is 9.36 Å². The SMILES string of the molecule is CCCn1ccc(=O)n(Cc2nnc(CC)o2)c1=O. The Balaban J connectivity index is 2.36. The lowest BCUT2D eigenvalue weighted by atomic mass is 10.4. The van der Waals surface area contributed by atoms with Crippen LogP contribution in [-0.2, 0) is 19.5 Å². The molecule has 102 valence electrons. The van der Waals surface area contributed by atoms with E-state index in [0.29, 0.717) is 18.9 Å². The number of aromatic nitrogens is 4.